The second kappa shape index (κ2) is 4.72. The van der Waals surface area contributed by atoms with E-state index in [-0.39, 0.29) is 0 Å². The largest absolute Gasteiger partial charge is 0.237 e. The Hall–Kier alpha value is -0.610. The van der Waals surface area contributed by atoms with E-state index in [0.29, 0.717) is 0 Å². The summed E-state index contributed by atoms with van der Waals surface area (Å²) in [6.45, 7) is 4.06. The number of hydrogen-bond acceptors (Lipinski definition) is 1. The number of aromatic nitrogens is 2. The summed E-state index contributed by atoms with van der Waals surface area (Å²) in [4.78, 5) is 0. The fraction of sp³-hybridized carbons (Fsp3) is 0.250. The molecule has 0 fully saturated rings. The molecule has 0 spiro atoms. The molecule has 2 aromatic rings. The molecule has 0 atom stereocenters. The Kier molecular flexibility index (Phi) is 3.50. The fourth-order valence-electron chi connectivity index (χ4n) is 1.60. The van der Waals surface area contributed by atoms with Crippen LogP contribution in [-0.2, 0) is 5.33 Å². The zero-order chi connectivity index (χ0) is 11.7. The topological polar surface area (TPSA) is 17.8 Å². The monoisotopic (exact) mass is 342 g/mol. The number of nitrogens with zero attached hydrogens (tertiary/aromatic N) is 2. The van der Waals surface area contributed by atoms with Gasteiger partial charge < -0.3 is 0 Å². The van der Waals surface area contributed by atoms with Crippen molar-refractivity contribution in [2.45, 2.75) is 19.2 Å². The predicted octanol–water partition coefficient (Wildman–Crippen LogP) is 4.15. The molecule has 1 aromatic carbocycles. The van der Waals surface area contributed by atoms with Crippen molar-refractivity contribution in [3.8, 4) is 5.69 Å². The van der Waals surface area contributed by atoms with Crippen LogP contribution in [0.4, 0.5) is 0 Å². The van der Waals surface area contributed by atoms with E-state index in [2.05, 4.69) is 68.1 Å². The maximum Gasteiger partial charge on any atom is 0.0743 e. The Morgan fingerprint density at radius 1 is 1.19 bits per heavy atom. The first-order chi connectivity index (χ1) is 7.63. The lowest BCUT2D eigenvalue weighted by atomic mass is 10.2. The highest BCUT2D eigenvalue weighted by Gasteiger charge is 2.09. The molecule has 0 amide bonds. The van der Waals surface area contributed by atoms with Crippen LogP contribution in [0.5, 0.6) is 0 Å². The number of halogens is 2. The summed E-state index contributed by atoms with van der Waals surface area (Å²) in [6, 6.07) is 8.38. The van der Waals surface area contributed by atoms with Crippen LogP contribution < -0.4 is 0 Å². The van der Waals surface area contributed by atoms with Crippen molar-refractivity contribution < 1.29 is 0 Å². The van der Waals surface area contributed by atoms with Gasteiger partial charge in [-0.15, -0.1) is 0 Å². The Bertz CT molecular complexity index is 500. The van der Waals surface area contributed by atoms with Gasteiger partial charge in [0.05, 0.1) is 21.5 Å². The first-order valence-corrected chi connectivity index (χ1v) is 6.92. The van der Waals surface area contributed by atoms with Gasteiger partial charge in [0.15, 0.2) is 0 Å². The molecule has 0 saturated carbocycles. The van der Waals surface area contributed by atoms with Gasteiger partial charge in [-0.05, 0) is 47.5 Å². The minimum atomic E-state index is 0.883. The van der Waals surface area contributed by atoms with Gasteiger partial charge in [-0.25, -0.2) is 4.68 Å². The normalized spacial score (nSPS) is 10.8. The lowest BCUT2D eigenvalue weighted by Crippen LogP contribution is -1.98. The highest BCUT2D eigenvalue weighted by molar-refractivity contribution is 9.10. The molecule has 1 aromatic heterocycles. The maximum absolute atomic E-state index is 4.49. The minimum Gasteiger partial charge on any atom is -0.237 e. The minimum absolute atomic E-state index is 0.883. The van der Waals surface area contributed by atoms with E-state index in [1.54, 1.807) is 0 Å². The Balaban J connectivity index is 2.46. The quantitative estimate of drug-likeness (QED) is 0.749. The SMILES string of the molecule is Cc1nn(-c2ccc(CBr)cc2)c(C)c1Br. The van der Waals surface area contributed by atoms with E-state index in [9.17, 15) is 0 Å². The summed E-state index contributed by atoms with van der Waals surface area (Å²) in [5.74, 6) is 0. The van der Waals surface area contributed by atoms with E-state index in [4.69, 9.17) is 0 Å². The molecule has 0 radical (unpaired) electrons. The van der Waals surface area contributed by atoms with Gasteiger partial charge in [-0.1, -0.05) is 28.1 Å². The van der Waals surface area contributed by atoms with Gasteiger partial charge in [0, 0.05) is 5.33 Å². The van der Waals surface area contributed by atoms with Gasteiger partial charge in [0.1, 0.15) is 0 Å². The molecular weight excluding hydrogens is 332 g/mol. The summed E-state index contributed by atoms with van der Waals surface area (Å²) < 4.78 is 3.04. The lowest BCUT2D eigenvalue weighted by molar-refractivity contribution is 0.833. The summed E-state index contributed by atoms with van der Waals surface area (Å²) in [7, 11) is 0. The highest BCUT2D eigenvalue weighted by Crippen LogP contribution is 2.23. The molecule has 84 valence electrons. The number of benzene rings is 1. The third kappa shape index (κ3) is 2.09. The van der Waals surface area contributed by atoms with Gasteiger partial charge >= 0.3 is 0 Å². The van der Waals surface area contributed by atoms with Crippen LogP contribution in [0.25, 0.3) is 5.69 Å². The van der Waals surface area contributed by atoms with Crippen LogP contribution in [0.1, 0.15) is 17.0 Å². The van der Waals surface area contributed by atoms with Crippen molar-refractivity contribution in [2.24, 2.45) is 0 Å². The fourth-order valence-corrected chi connectivity index (χ4v) is 2.22. The van der Waals surface area contributed by atoms with Crippen LogP contribution >= 0.6 is 31.9 Å². The molecule has 0 N–H and O–H groups in total. The van der Waals surface area contributed by atoms with Crippen molar-refractivity contribution in [1.29, 1.82) is 0 Å². The summed E-state index contributed by atoms with van der Waals surface area (Å²) >= 11 is 6.97. The van der Waals surface area contributed by atoms with Gasteiger partial charge in [-0.2, -0.15) is 5.10 Å². The number of aryl methyl sites for hydroxylation is 1. The van der Waals surface area contributed by atoms with Crippen LogP contribution in [0.2, 0.25) is 0 Å². The third-order valence-electron chi connectivity index (χ3n) is 2.54. The van der Waals surface area contributed by atoms with Crippen LogP contribution in [-0.4, -0.2) is 9.78 Å². The average molecular weight is 344 g/mol. The highest BCUT2D eigenvalue weighted by atomic mass is 79.9. The van der Waals surface area contributed by atoms with Crippen molar-refractivity contribution in [3.05, 3.63) is 45.7 Å². The average Bonchev–Trinajstić information content (AvgIpc) is 2.57. The Morgan fingerprint density at radius 3 is 2.25 bits per heavy atom. The number of hydrogen-bond donors (Lipinski definition) is 0. The smallest absolute Gasteiger partial charge is 0.0743 e. The molecule has 0 saturated heterocycles. The van der Waals surface area contributed by atoms with Gasteiger partial charge in [0.2, 0.25) is 0 Å². The molecule has 0 unspecified atom stereocenters. The van der Waals surface area contributed by atoms with E-state index < -0.39 is 0 Å². The lowest BCUT2D eigenvalue weighted by Gasteiger charge is -2.04. The predicted molar refractivity (Wildman–Crippen MR) is 73.4 cm³/mol. The first-order valence-electron chi connectivity index (χ1n) is 5.00. The van der Waals surface area contributed by atoms with Crippen molar-refractivity contribution in [2.75, 3.05) is 0 Å². The second-order valence-corrected chi connectivity index (χ2v) is 5.05. The Labute approximate surface area is 112 Å². The molecule has 2 rings (SSSR count). The zero-order valence-electron chi connectivity index (χ0n) is 9.17. The number of alkyl halides is 1. The molecular formula is C12H12Br2N2. The van der Waals surface area contributed by atoms with E-state index in [1.807, 2.05) is 11.6 Å². The van der Waals surface area contributed by atoms with Gasteiger partial charge in [-0.3, -0.25) is 0 Å². The van der Waals surface area contributed by atoms with Crippen LogP contribution in [0.15, 0.2) is 28.7 Å². The molecule has 0 aliphatic heterocycles. The molecule has 1 heterocycles. The molecule has 16 heavy (non-hydrogen) atoms. The van der Waals surface area contributed by atoms with E-state index in [0.717, 1.165) is 26.9 Å². The second-order valence-electron chi connectivity index (χ2n) is 3.70. The molecule has 0 bridgehead atoms. The standard InChI is InChI=1S/C12H12Br2N2/c1-8-12(14)9(2)16(15-8)11-5-3-10(7-13)4-6-11/h3-6H,7H2,1-2H3. The number of rotatable bonds is 2. The molecule has 4 heteroatoms. The van der Waals surface area contributed by atoms with Crippen molar-refractivity contribution >= 4 is 31.9 Å². The summed E-state index contributed by atoms with van der Waals surface area (Å²) in [5.41, 5.74) is 4.51. The molecule has 2 nitrogen and oxygen atoms in total. The molecule has 0 aliphatic rings. The first kappa shape index (κ1) is 11.9. The van der Waals surface area contributed by atoms with Crippen LogP contribution in [0.3, 0.4) is 0 Å². The van der Waals surface area contributed by atoms with Crippen molar-refractivity contribution in [1.82, 2.24) is 9.78 Å². The van der Waals surface area contributed by atoms with E-state index >= 15 is 0 Å². The third-order valence-corrected chi connectivity index (χ3v) is 4.33. The summed E-state index contributed by atoms with van der Waals surface area (Å²) in [6.07, 6.45) is 0. The molecule has 0 aliphatic carbocycles. The van der Waals surface area contributed by atoms with Gasteiger partial charge in [0.25, 0.3) is 0 Å². The Morgan fingerprint density at radius 2 is 1.81 bits per heavy atom. The zero-order valence-corrected chi connectivity index (χ0v) is 12.3. The van der Waals surface area contributed by atoms with E-state index in [1.165, 1.54) is 5.56 Å². The van der Waals surface area contributed by atoms with Crippen LogP contribution in [0, 0.1) is 13.8 Å². The van der Waals surface area contributed by atoms with Crippen molar-refractivity contribution in [3.63, 3.8) is 0 Å². The maximum atomic E-state index is 4.49. The summed E-state index contributed by atoms with van der Waals surface area (Å²) in [5, 5.41) is 5.38.